The third-order valence-electron chi connectivity index (χ3n) is 4.03. The minimum absolute atomic E-state index is 0.0941. The van der Waals surface area contributed by atoms with E-state index in [-0.39, 0.29) is 18.2 Å². The van der Waals surface area contributed by atoms with Crippen molar-refractivity contribution in [3.05, 3.63) is 65.7 Å². The number of carboxylic acids is 1. The van der Waals surface area contributed by atoms with E-state index in [1.54, 1.807) is 31.2 Å². The third kappa shape index (κ3) is 5.44. The Morgan fingerprint density at radius 2 is 1.58 bits per heavy atom. The number of hydrogen-bond donors (Lipinski definition) is 3. The number of anilines is 1. The predicted molar refractivity (Wildman–Crippen MR) is 98.7 cm³/mol. The van der Waals surface area contributed by atoms with Gasteiger partial charge in [0.25, 0.3) is 0 Å². The summed E-state index contributed by atoms with van der Waals surface area (Å²) in [5, 5.41) is 14.6. The Morgan fingerprint density at radius 3 is 2.12 bits per heavy atom. The first-order valence-corrected chi connectivity index (χ1v) is 8.31. The van der Waals surface area contributed by atoms with Crippen LogP contribution in [-0.2, 0) is 14.4 Å². The van der Waals surface area contributed by atoms with Crippen LogP contribution in [0.25, 0.3) is 0 Å². The van der Waals surface area contributed by atoms with Gasteiger partial charge >= 0.3 is 5.97 Å². The van der Waals surface area contributed by atoms with Gasteiger partial charge in [0.05, 0.1) is 18.4 Å². The minimum Gasteiger partial charge on any atom is -0.481 e. The molecule has 0 saturated carbocycles. The SMILES string of the molecule is CC(=O)NC(CC(=O)Nc1ccc(C(C)C(=O)O)cc1)c1ccccc1. The van der Waals surface area contributed by atoms with Crippen molar-refractivity contribution in [3.8, 4) is 0 Å². The van der Waals surface area contributed by atoms with Gasteiger partial charge in [-0.2, -0.15) is 0 Å². The third-order valence-corrected chi connectivity index (χ3v) is 4.03. The first kappa shape index (κ1) is 19.2. The van der Waals surface area contributed by atoms with Crippen LogP contribution in [0.5, 0.6) is 0 Å². The van der Waals surface area contributed by atoms with Crippen LogP contribution in [0.4, 0.5) is 5.69 Å². The Morgan fingerprint density at radius 1 is 0.962 bits per heavy atom. The number of benzene rings is 2. The lowest BCUT2D eigenvalue weighted by Crippen LogP contribution is -2.29. The van der Waals surface area contributed by atoms with Gasteiger partial charge in [-0.3, -0.25) is 14.4 Å². The Kier molecular flexibility index (Phi) is 6.49. The van der Waals surface area contributed by atoms with Crippen molar-refractivity contribution in [3.63, 3.8) is 0 Å². The highest BCUT2D eigenvalue weighted by atomic mass is 16.4. The molecule has 6 heteroatoms. The molecule has 0 saturated heterocycles. The van der Waals surface area contributed by atoms with Crippen molar-refractivity contribution in [2.45, 2.75) is 32.2 Å². The van der Waals surface area contributed by atoms with Crippen molar-refractivity contribution in [1.29, 1.82) is 0 Å². The first-order chi connectivity index (χ1) is 12.4. The molecule has 2 amide bonds. The maximum atomic E-state index is 12.3. The molecule has 0 radical (unpaired) electrons. The lowest BCUT2D eigenvalue weighted by molar-refractivity contribution is -0.138. The normalized spacial score (nSPS) is 12.7. The van der Waals surface area contributed by atoms with Crippen molar-refractivity contribution >= 4 is 23.5 Å². The van der Waals surface area contributed by atoms with Crippen LogP contribution in [0.2, 0.25) is 0 Å². The first-order valence-electron chi connectivity index (χ1n) is 8.31. The van der Waals surface area contributed by atoms with E-state index in [0.29, 0.717) is 11.3 Å². The number of carbonyl (C=O) groups excluding carboxylic acids is 2. The number of carbonyl (C=O) groups is 3. The highest BCUT2D eigenvalue weighted by molar-refractivity contribution is 5.91. The van der Waals surface area contributed by atoms with E-state index in [0.717, 1.165) is 5.56 Å². The summed E-state index contributed by atoms with van der Waals surface area (Å²) in [5.74, 6) is -1.96. The summed E-state index contributed by atoms with van der Waals surface area (Å²) in [7, 11) is 0. The number of carboxylic acid groups (broad SMARTS) is 1. The van der Waals surface area contributed by atoms with Crippen molar-refractivity contribution < 1.29 is 19.5 Å². The second-order valence-electron chi connectivity index (χ2n) is 6.10. The molecule has 0 fully saturated rings. The van der Waals surface area contributed by atoms with Gasteiger partial charge in [-0.05, 0) is 30.2 Å². The minimum atomic E-state index is -0.900. The van der Waals surface area contributed by atoms with E-state index in [1.807, 2.05) is 30.3 Å². The molecule has 2 aromatic rings. The number of aliphatic carboxylic acids is 1. The summed E-state index contributed by atoms with van der Waals surface area (Å²) in [6.07, 6.45) is 0.0941. The van der Waals surface area contributed by atoms with Crippen LogP contribution >= 0.6 is 0 Å². The molecule has 2 unspecified atom stereocenters. The number of nitrogens with one attached hydrogen (secondary N) is 2. The van der Waals surface area contributed by atoms with E-state index in [1.165, 1.54) is 6.92 Å². The zero-order valence-corrected chi connectivity index (χ0v) is 14.7. The lowest BCUT2D eigenvalue weighted by atomic mass is 10.0. The van der Waals surface area contributed by atoms with E-state index in [4.69, 9.17) is 5.11 Å². The lowest BCUT2D eigenvalue weighted by Gasteiger charge is -2.18. The van der Waals surface area contributed by atoms with Crippen LogP contribution < -0.4 is 10.6 Å². The average Bonchev–Trinajstić information content (AvgIpc) is 2.61. The molecule has 0 aliphatic carbocycles. The molecule has 6 nitrogen and oxygen atoms in total. The molecule has 3 N–H and O–H groups in total. The molecule has 2 atom stereocenters. The predicted octanol–water partition coefficient (Wildman–Crippen LogP) is 3.08. The molecule has 0 aromatic heterocycles. The second-order valence-corrected chi connectivity index (χ2v) is 6.10. The smallest absolute Gasteiger partial charge is 0.310 e. The van der Waals surface area contributed by atoms with Gasteiger partial charge in [-0.25, -0.2) is 0 Å². The Labute approximate surface area is 152 Å². The number of rotatable bonds is 7. The molecule has 0 aliphatic rings. The standard InChI is InChI=1S/C20H22N2O4/c1-13(20(25)26)15-8-10-17(11-9-15)22-19(24)12-18(21-14(2)23)16-6-4-3-5-7-16/h3-11,13,18H,12H2,1-2H3,(H,21,23)(H,22,24)(H,25,26). The summed E-state index contributed by atoms with van der Waals surface area (Å²) in [6.45, 7) is 3.02. The Bertz CT molecular complexity index is 772. The fraction of sp³-hybridized carbons (Fsp3) is 0.250. The summed E-state index contributed by atoms with van der Waals surface area (Å²) < 4.78 is 0. The summed E-state index contributed by atoms with van der Waals surface area (Å²) >= 11 is 0. The Balaban J connectivity index is 2.03. The molecule has 136 valence electrons. The number of amides is 2. The molecule has 0 aliphatic heterocycles. The topological polar surface area (TPSA) is 95.5 Å². The Hall–Kier alpha value is -3.15. The van der Waals surface area contributed by atoms with E-state index >= 15 is 0 Å². The molecule has 0 spiro atoms. The van der Waals surface area contributed by atoms with Gasteiger partial charge in [0.1, 0.15) is 0 Å². The van der Waals surface area contributed by atoms with Gasteiger partial charge in [0.15, 0.2) is 0 Å². The van der Waals surface area contributed by atoms with Crippen LogP contribution in [0, 0.1) is 0 Å². The fourth-order valence-corrected chi connectivity index (χ4v) is 2.58. The molecule has 2 aromatic carbocycles. The van der Waals surface area contributed by atoms with Crippen molar-refractivity contribution in [2.75, 3.05) is 5.32 Å². The van der Waals surface area contributed by atoms with E-state index in [2.05, 4.69) is 10.6 Å². The second kappa shape index (κ2) is 8.80. The molecule has 26 heavy (non-hydrogen) atoms. The molecule has 0 bridgehead atoms. The number of hydrogen-bond acceptors (Lipinski definition) is 3. The van der Waals surface area contributed by atoms with Crippen LogP contribution in [0.15, 0.2) is 54.6 Å². The van der Waals surface area contributed by atoms with Crippen LogP contribution in [0.3, 0.4) is 0 Å². The van der Waals surface area contributed by atoms with Gasteiger partial charge in [-0.1, -0.05) is 42.5 Å². The van der Waals surface area contributed by atoms with Gasteiger partial charge in [0, 0.05) is 12.6 Å². The highest BCUT2D eigenvalue weighted by Crippen LogP contribution is 2.20. The quantitative estimate of drug-likeness (QED) is 0.712. The average molecular weight is 354 g/mol. The van der Waals surface area contributed by atoms with Crippen LogP contribution in [0.1, 0.15) is 43.4 Å². The van der Waals surface area contributed by atoms with Gasteiger partial charge < -0.3 is 15.7 Å². The van der Waals surface area contributed by atoms with E-state index < -0.39 is 17.9 Å². The zero-order chi connectivity index (χ0) is 19.1. The zero-order valence-electron chi connectivity index (χ0n) is 14.7. The summed E-state index contributed by atoms with van der Waals surface area (Å²) in [5.41, 5.74) is 2.09. The largest absolute Gasteiger partial charge is 0.481 e. The molecule has 2 rings (SSSR count). The summed E-state index contributed by atoms with van der Waals surface area (Å²) in [6, 6.07) is 15.6. The molecule has 0 heterocycles. The maximum absolute atomic E-state index is 12.3. The molecular weight excluding hydrogens is 332 g/mol. The highest BCUT2D eigenvalue weighted by Gasteiger charge is 2.17. The van der Waals surface area contributed by atoms with E-state index in [9.17, 15) is 14.4 Å². The molecular formula is C20H22N2O4. The van der Waals surface area contributed by atoms with Crippen LogP contribution in [-0.4, -0.2) is 22.9 Å². The monoisotopic (exact) mass is 354 g/mol. The summed E-state index contributed by atoms with van der Waals surface area (Å²) in [4.78, 5) is 34.8. The fourth-order valence-electron chi connectivity index (χ4n) is 2.58. The van der Waals surface area contributed by atoms with Gasteiger partial charge in [0.2, 0.25) is 11.8 Å². The van der Waals surface area contributed by atoms with Crippen molar-refractivity contribution in [1.82, 2.24) is 5.32 Å². The van der Waals surface area contributed by atoms with Gasteiger partial charge in [-0.15, -0.1) is 0 Å². The van der Waals surface area contributed by atoms with Crippen molar-refractivity contribution in [2.24, 2.45) is 0 Å². The maximum Gasteiger partial charge on any atom is 0.310 e.